The third kappa shape index (κ3) is 4.84. The second kappa shape index (κ2) is 6.49. The molecule has 1 atom stereocenters. The number of phenolic OH excluding ortho intramolecular Hbond substituents is 1. The number of carbonyl (C=O) groups excluding carboxylic acids is 1. The van der Waals surface area contributed by atoms with Crippen LogP contribution in [0, 0.1) is 5.82 Å². The maximum atomic E-state index is 13.4. The van der Waals surface area contributed by atoms with Gasteiger partial charge in [0.15, 0.2) is 0 Å². The Hall–Kier alpha value is -1.66. The fourth-order valence-electron chi connectivity index (χ4n) is 1.60. The van der Waals surface area contributed by atoms with Crippen molar-refractivity contribution in [2.24, 2.45) is 0 Å². The average molecular weight is 271 g/mol. The molecule has 0 saturated heterocycles. The molecule has 1 rings (SSSR count). The van der Waals surface area contributed by atoms with Crippen LogP contribution in [0.2, 0.25) is 0 Å². The Morgan fingerprint density at radius 2 is 2.16 bits per heavy atom. The minimum absolute atomic E-state index is 0.0503. The Morgan fingerprint density at radius 1 is 1.47 bits per heavy atom. The van der Waals surface area contributed by atoms with Crippen molar-refractivity contribution in [1.29, 1.82) is 0 Å². The van der Waals surface area contributed by atoms with E-state index >= 15 is 0 Å². The maximum Gasteiger partial charge on any atom is 0.254 e. The molecule has 4 N–H and O–H groups in total. The van der Waals surface area contributed by atoms with Crippen LogP contribution in [0.25, 0.3) is 0 Å². The van der Waals surface area contributed by atoms with Gasteiger partial charge in [-0.3, -0.25) is 4.79 Å². The van der Waals surface area contributed by atoms with Gasteiger partial charge in [0.25, 0.3) is 5.91 Å². The third-order valence-corrected chi connectivity index (χ3v) is 2.70. The van der Waals surface area contributed by atoms with Crippen LogP contribution in [0.1, 0.15) is 30.1 Å². The lowest BCUT2D eigenvalue weighted by atomic mass is 10.0. The SMILES string of the molecule is C[C@@](O)(CCCO)CNC(=O)c1cc(O)ccc1F. The van der Waals surface area contributed by atoms with Gasteiger partial charge in [-0.25, -0.2) is 4.39 Å². The van der Waals surface area contributed by atoms with Gasteiger partial charge in [0.05, 0.1) is 11.2 Å². The van der Waals surface area contributed by atoms with Gasteiger partial charge in [0.1, 0.15) is 11.6 Å². The summed E-state index contributed by atoms with van der Waals surface area (Å²) in [4.78, 5) is 11.7. The van der Waals surface area contributed by atoms with E-state index in [1.165, 1.54) is 6.92 Å². The fraction of sp³-hybridized carbons (Fsp3) is 0.462. The molecule has 0 fully saturated rings. The highest BCUT2D eigenvalue weighted by Crippen LogP contribution is 2.16. The minimum atomic E-state index is -1.17. The van der Waals surface area contributed by atoms with Crippen molar-refractivity contribution in [2.75, 3.05) is 13.2 Å². The summed E-state index contributed by atoms with van der Waals surface area (Å²) < 4.78 is 13.4. The Bertz CT molecular complexity index is 448. The van der Waals surface area contributed by atoms with Crippen molar-refractivity contribution >= 4 is 5.91 Å². The average Bonchev–Trinajstić information content (AvgIpc) is 2.36. The predicted molar refractivity (Wildman–Crippen MR) is 67.3 cm³/mol. The molecular formula is C13H18FNO4. The van der Waals surface area contributed by atoms with Gasteiger partial charge in [-0.2, -0.15) is 0 Å². The van der Waals surface area contributed by atoms with Crippen LogP contribution in [-0.2, 0) is 0 Å². The van der Waals surface area contributed by atoms with Crippen LogP contribution in [-0.4, -0.2) is 40.0 Å². The van der Waals surface area contributed by atoms with E-state index in [4.69, 9.17) is 5.11 Å². The quantitative estimate of drug-likeness (QED) is 0.615. The zero-order chi connectivity index (χ0) is 14.5. The number of halogens is 1. The van der Waals surface area contributed by atoms with Crippen LogP contribution in [0.4, 0.5) is 4.39 Å². The highest BCUT2D eigenvalue weighted by Gasteiger charge is 2.22. The van der Waals surface area contributed by atoms with Gasteiger partial charge in [-0.05, 0) is 38.0 Å². The molecule has 0 bridgehead atoms. The van der Waals surface area contributed by atoms with Gasteiger partial charge >= 0.3 is 0 Å². The molecule has 0 aliphatic heterocycles. The van der Waals surface area contributed by atoms with Gasteiger partial charge in [-0.15, -0.1) is 0 Å². The van der Waals surface area contributed by atoms with Crippen LogP contribution in [0.5, 0.6) is 5.75 Å². The first-order valence-corrected chi connectivity index (χ1v) is 5.96. The van der Waals surface area contributed by atoms with Gasteiger partial charge in [-0.1, -0.05) is 0 Å². The number of aliphatic hydroxyl groups is 2. The lowest BCUT2D eigenvalue weighted by molar-refractivity contribution is 0.0414. The number of hydrogen-bond donors (Lipinski definition) is 4. The summed E-state index contributed by atoms with van der Waals surface area (Å²) in [6, 6.07) is 3.16. The molecule has 0 aliphatic carbocycles. The van der Waals surface area contributed by atoms with Crippen molar-refractivity contribution in [3.05, 3.63) is 29.6 Å². The van der Waals surface area contributed by atoms with E-state index in [0.717, 1.165) is 18.2 Å². The Labute approximate surface area is 110 Å². The molecule has 1 aromatic carbocycles. The van der Waals surface area contributed by atoms with Crippen molar-refractivity contribution in [2.45, 2.75) is 25.4 Å². The van der Waals surface area contributed by atoms with Crippen LogP contribution >= 0.6 is 0 Å². The Balaban J connectivity index is 2.62. The van der Waals surface area contributed by atoms with E-state index in [0.29, 0.717) is 12.8 Å². The van der Waals surface area contributed by atoms with Crippen molar-refractivity contribution in [1.82, 2.24) is 5.32 Å². The molecule has 0 saturated carbocycles. The van der Waals surface area contributed by atoms with Gasteiger partial charge in [0, 0.05) is 13.2 Å². The molecule has 0 unspecified atom stereocenters. The molecule has 106 valence electrons. The summed E-state index contributed by atoms with van der Waals surface area (Å²) in [6.45, 7) is 1.40. The van der Waals surface area contributed by atoms with Crippen molar-refractivity contribution in [3.63, 3.8) is 0 Å². The van der Waals surface area contributed by atoms with Gasteiger partial charge in [0.2, 0.25) is 0 Å². The molecule has 1 aromatic rings. The maximum absolute atomic E-state index is 13.4. The van der Waals surface area contributed by atoms with Gasteiger partial charge < -0.3 is 20.6 Å². The molecular weight excluding hydrogens is 253 g/mol. The first kappa shape index (κ1) is 15.4. The lowest BCUT2D eigenvalue weighted by Gasteiger charge is -2.23. The smallest absolute Gasteiger partial charge is 0.254 e. The summed E-state index contributed by atoms with van der Waals surface area (Å²) >= 11 is 0. The van der Waals surface area contributed by atoms with E-state index in [2.05, 4.69) is 5.32 Å². The minimum Gasteiger partial charge on any atom is -0.508 e. The monoisotopic (exact) mass is 271 g/mol. The number of aromatic hydroxyl groups is 1. The normalized spacial score (nSPS) is 13.9. The predicted octanol–water partition coefficient (Wildman–Crippen LogP) is 0.785. The van der Waals surface area contributed by atoms with E-state index in [1.807, 2.05) is 0 Å². The summed E-state index contributed by atoms with van der Waals surface area (Å²) in [5.74, 6) is -1.67. The first-order chi connectivity index (χ1) is 8.85. The van der Waals surface area contributed by atoms with Crippen LogP contribution in [0.3, 0.4) is 0 Å². The fourth-order valence-corrected chi connectivity index (χ4v) is 1.60. The van der Waals surface area contributed by atoms with Crippen LogP contribution in [0.15, 0.2) is 18.2 Å². The highest BCUT2D eigenvalue weighted by atomic mass is 19.1. The zero-order valence-corrected chi connectivity index (χ0v) is 10.7. The molecule has 0 spiro atoms. The molecule has 0 radical (unpaired) electrons. The zero-order valence-electron chi connectivity index (χ0n) is 10.7. The van der Waals surface area contributed by atoms with Crippen LogP contribution < -0.4 is 5.32 Å². The molecule has 1 amide bonds. The van der Waals surface area contributed by atoms with E-state index in [9.17, 15) is 19.4 Å². The second-order valence-corrected chi connectivity index (χ2v) is 4.67. The lowest BCUT2D eigenvalue weighted by Crippen LogP contribution is -2.41. The number of nitrogens with one attached hydrogen (secondary N) is 1. The topological polar surface area (TPSA) is 89.8 Å². The number of hydrogen-bond acceptors (Lipinski definition) is 4. The van der Waals surface area contributed by atoms with E-state index < -0.39 is 17.3 Å². The summed E-state index contributed by atoms with van der Waals surface area (Å²) in [7, 11) is 0. The number of carbonyl (C=O) groups is 1. The number of aliphatic hydroxyl groups excluding tert-OH is 1. The Kier molecular flexibility index (Phi) is 5.26. The largest absolute Gasteiger partial charge is 0.508 e. The first-order valence-electron chi connectivity index (χ1n) is 5.96. The number of amides is 1. The Morgan fingerprint density at radius 3 is 2.79 bits per heavy atom. The van der Waals surface area contributed by atoms with E-state index in [1.54, 1.807) is 0 Å². The summed E-state index contributed by atoms with van der Waals surface area (Å²) in [5, 5.41) is 30.2. The highest BCUT2D eigenvalue weighted by molar-refractivity contribution is 5.94. The summed E-state index contributed by atoms with van der Waals surface area (Å²) in [6.07, 6.45) is 0.718. The second-order valence-electron chi connectivity index (χ2n) is 4.67. The molecule has 5 nitrogen and oxygen atoms in total. The number of rotatable bonds is 6. The van der Waals surface area contributed by atoms with E-state index in [-0.39, 0.29) is 24.5 Å². The number of phenols is 1. The molecule has 6 heteroatoms. The van der Waals surface area contributed by atoms with Crippen molar-refractivity contribution < 1.29 is 24.5 Å². The molecule has 0 aromatic heterocycles. The third-order valence-electron chi connectivity index (χ3n) is 2.70. The van der Waals surface area contributed by atoms with Crippen molar-refractivity contribution in [3.8, 4) is 5.75 Å². The molecule has 0 aliphatic rings. The standard InChI is InChI=1S/C13H18FNO4/c1-13(19,5-2-6-16)8-15-12(18)10-7-9(17)3-4-11(10)14/h3-4,7,16-17,19H,2,5-6,8H2,1H3,(H,15,18)/t13-/m1/s1. The summed E-state index contributed by atoms with van der Waals surface area (Å²) in [5.41, 5.74) is -1.45. The molecule has 19 heavy (non-hydrogen) atoms. The number of benzene rings is 1. The molecule has 0 heterocycles.